The van der Waals surface area contributed by atoms with E-state index in [1.54, 1.807) is 17.0 Å². The Hall–Kier alpha value is -2.92. The Labute approximate surface area is 211 Å². The molecule has 196 valence electrons. The molecule has 3 aliphatic heterocycles. The van der Waals surface area contributed by atoms with Crippen LogP contribution >= 0.6 is 0 Å². The number of nitrogens with one attached hydrogen (secondary N) is 3. The minimum absolute atomic E-state index is 0.0385. The van der Waals surface area contributed by atoms with Gasteiger partial charge < -0.3 is 20.3 Å². The average Bonchev–Trinajstić information content (AvgIpc) is 3.23. The van der Waals surface area contributed by atoms with Crippen LogP contribution in [0.3, 0.4) is 0 Å². The molecule has 0 aliphatic carbocycles. The standard InChI is InChI=1S/C23H33N7O5S/c1-28(2)36(33,34)17-6-4-16(5-7-17)26-21-20-19(9-12-25-22(20)31)30(27-21)18-10-13-29(23(32)35-3)14-15(18)8-11-24/h4-7,15,18-21,26-27H,8-10,12-14H2,1-3H3,(H,25,31). The quantitative estimate of drug-likeness (QED) is 0.485. The van der Waals surface area contributed by atoms with Gasteiger partial charge in [0, 0.05) is 63.8 Å². The minimum Gasteiger partial charge on any atom is -0.453 e. The lowest BCUT2D eigenvalue weighted by Gasteiger charge is -2.44. The van der Waals surface area contributed by atoms with Gasteiger partial charge in [-0.25, -0.2) is 28.0 Å². The predicted molar refractivity (Wildman–Crippen MR) is 131 cm³/mol. The number of nitrogens with zero attached hydrogens (tertiary/aromatic N) is 4. The molecule has 4 rings (SSSR count). The van der Waals surface area contributed by atoms with Crippen LogP contribution in [0.15, 0.2) is 29.2 Å². The number of anilines is 1. The molecule has 0 bridgehead atoms. The van der Waals surface area contributed by atoms with Gasteiger partial charge in [0.25, 0.3) is 0 Å². The van der Waals surface area contributed by atoms with Crippen LogP contribution in [-0.4, -0.2) is 93.7 Å². The Kier molecular flexibility index (Phi) is 7.70. The predicted octanol–water partition coefficient (Wildman–Crippen LogP) is 0.370. The second kappa shape index (κ2) is 10.6. The van der Waals surface area contributed by atoms with Crippen molar-refractivity contribution in [2.24, 2.45) is 11.8 Å². The van der Waals surface area contributed by atoms with E-state index < -0.39 is 22.3 Å². The van der Waals surface area contributed by atoms with E-state index in [9.17, 15) is 23.3 Å². The van der Waals surface area contributed by atoms with Crippen LogP contribution in [0.1, 0.15) is 19.3 Å². The summed E-state index contributed by atoms with van der Waals surface area (Å²) >= 11 is 0. The summed E-state index contributed by atoms with van der Waals surface area (Å²) in [5, 5.41) is 17.9. The largest absolute Gasteiger partial charge is 0.453 e. The summed E-state index contributed by atoms with van der Waals surface area (Å²) in [5.41, 5.74) is 4.16. The van der Waals surface area contributed by atoms with E-state index in [1.807, 2.05) is 0 Å². The molecule has 3 fully saturated rings. The summed E-state index contributed by atoms with van der Waals surface area (Å²) in [6.07, 6.45) is 0.842. The fraction of sp³-hybridized carbons (Fsp3) is 0.609. The summed E-state index contributed by atoms with van der Waals surface area (Å²) in [7, 11) is 0.768. The molecular weight excluding hydrogens is 486 g/mol. The molecule has 5 atom stereocenters. The average molecular weight is 520 g/mol. The zero-order valence-electron chi connectivity index (χ0n) is 20.7. The smallest absolute Gasteiger partial charge is 0.409 e. The molecule has 13 heteroatoms. The van der Waals surface area contributed by atoms with Crippen molar-refractivity contribution < 1.29 is 22.7 Å². The van der Waals surface area contributed by atoms with Crippen molar-refractivity contribution in [1.82, 2.24) is 25.0 Å². The van der Waals surface area contributed by atoms with E-state index in [4.69, 9.17) is 4.74 Å². The molecule has 36 heavy (non-hydrogen) atoms. The molecule has 0 saturated carbocycles. The van der Waals surface area contributed by atoms with Crippen LogP contribution < -0.4 is 16.1 Å². The molecule has 0 aromatic heterocycles. The van der Waals surface area contributed by atoms with Crippen molar-refractivity contribution in [2.45, 2.75) is 42.4 Å². The molecule has 3 heterocycles. The second-order valence-electron chi connectivity index (χ2n) is 9.54. The third-order valence-electron chi connectivity index (χ3n) is 7.25. The lowest BCUT2D eigenvalue weighted by Crippen LogP contribution is -2.58. The van der Waals surface area contributed by atoms with Gasteiger partial charge in [-0.05, 0) is 37.1 Å². The van der Waals surface area contributed by atoms with Crippen molar-refractivity contribution in [3.63, 3.8) is 0 Å². The highest BCUT2D eigenvalue weighted by molar-refractivity contribution is 7.89. The number of hydrogen-bond donors (Lipinski definition) is 3. The second-order valence-corrected chi connectivity index (χ2v) is 11.7. The first kappa shape index (κ1) is 26.2. The summed E-state index contributed by atoms with van der Waals surface area (Å²) in [5.74, 6) is -0.546. The first-order valence-corrected chi connectivity index (χ1v) is 13.4. The highest BCUT2D eigenvalue weighted by atomic mass is 32.2. The number of hydrogen-bond acceptors (Lipinski definition) is 9. The Morgan fingerprint density at radius 1 is 1.25 bits per heavy atom. The number of sulfonamides is 1. The third-order valence-corrected chi connectivity index (χ3v) is 9.08. The molecule has 1 aromatic carbocycles. The Balaban J connectivity index is 1.54. The number of likely N-dealkylation sites (tertiary alicyclic amines) is 1. The molecule has 1 aromatic rings. The maximum absolute atomic E-state index is 12.9. The Morgan fingerprint density at radius 2 is 1.97 bits per heavy atom. The molecule has 5 unspecified atom stereocenters. The molecule has 0 radical (unpaired) electrons. The van der Waals surface area contributed by atoms with Gasteiger partial charge in [0.05, 0.1) is 24.0 Å². The zero-order valence-corrected chi connectivity index (χ0v) is 21.5. The summed E-state index contributed by atoms with van der Waals surface area (Å²) in [6.45, 7) is 1.47. The first-order valence-electron chi connectivity index (χ1n) is 12.0. The van der Waals surface area contributed by atoms with Gasteiger partial charge in [0.1, 0.15) is 6.17 Å². The van der Waals surface area contributed by atoms with Crippen molar-refractivity contribution in [3.05, 3.63) is 24.3 Å². The van der Waals surface area contributed by atoms with Crippen LogP contribution in [0.2, 0.25) is 0 Å². The number of rotatable bonds is 6. The number of amides is 2. The number of carbonyl (C=O) groups excluding carboxylic acids is 2. The Morgan fingerprint density at radius 3 is 2.61 bits per heavy atom. The van der Waals surface area contributed by atoms with Crippen LogP contribution in [0, 0.1) is 23.2 Å². The van der Waals surface area contributed by atoms with Crippen molar-refractivity contribution >= 4 is 27.7 Å². The normalized spacial score (nSPS) is 28.8. The maximum atomic E-state index is 12.9. The number of ether oxygens (including phenoxy) is 1. The van der Waals surface area contributed by atoms with Crippen LogP contribution in [0.4, 0.5) is 10.5 Å². The fourth-order valence-electron chi connectivity index (χ4n) is 5.41. The molecule has 3 N–H and O–H groups in total. The number of hydrazine groups is 1. The molecule has 0 spiro atoms. The highest BCUT2D eigenvalue weighted by Gasteiger charge is 2.51. The monoisotopic (exact) mass is 519 g/mol. The fourth-order valence-corrected chi connectivity index (χ4v) is 6.32. The SMILES string of the molecule is COC(=O)N1CCC(N2NC(Nc3ccc(S(=O)(=O)N(C)C)cc3)C3C(=O)NCCC32)C(CC#N)C1. The van der Waals surface area contributed by atoms with E-state index in [0.29, 0.717) is 31.7 Å². The van der Waals surface area contributed by atoms with E-state index in [1.165, 1.54) is 33.3 Å². The van der Waals surface area contributed by atoms with Gasteiger partial charge in [0.2, 0.25) is 15.9 Å². The molecule has 2 amide bonds. The number of methoxy groups -OCH3 is 1. The summed E-state index contributed by atoms with van der Waals surface area (Å²) < 4.78 is 30.8. The van der Waals surface area contributed by atoms with Gasteiger partial charge in [-0.15, -0.1) is 0 Å². The molecular formula is C23H33N7O5S. The molecule has 3 saturated heterocycles. The maximum Gasteiger partial charge on any atom is 0.409 e. The van der Waals surface area contributed by atoms with Gasteiger partial charge in [0.15, 0.2) is 0 Å². The lowest BCUT2D eigenvalue weighted by molar-refractivity contribution is -0.128. The van der Waals surface area contributed by atoms with E-state index >= 15 is 0 Å². The van der Waals surface area contributed by atoms with E-state index in [2.05, 4.69) is 27.1 Å². The van der Waals surface area contributed by atoms with Gasteiger partial charge >= 0.3 is 6.09 Å². The molecule has 12 nitrogen and oxygen atoms in total. The number of fused-ring (bicyclic) bond motifs is 1. The lowest BCUT2D eigenvalue weighted by atomic mass is 9.86. The first-order chi connectivity index (χ1) is 17.2. The number of benzene rings is 1. The van der Waals surface area contributed by atoms with E-state index in [0.717, 1.165) is 10.7 Å². The van der Waals surface area contributed by atoms with Crippen LogP contribution in [0.25, 0.3) is 0 Å². The van der Waals surface area contributed by atoms with Gasteiger partial charge in [-0.1, -0.05) is 0 Å². The van der Waals surface area contributed by atoms with Crippen molar-refractivity contribution in [2.75, 3.05) is 46.2 Å². The third kappa shape index (κ3) is 4.99. The van der Waals surface area contributed by atoms with Gasteiger partial charge in [-0.2, -0.15) is 5.26 Å². The Bertz CT molecular complexity index is 1120. The zero-order chi connectivity index (χ0) is 26.0. The van der Waals surface area contributed by atoms with Crippen molar-refractivity contribution in [1.29, 1.82) is 5.26 Å². The topological polar surface area (TPSA) is 147 Å². The molecule has 3 aliphatic rings. The van der Waals surface area contributed by atoms with Crippen LogP contribution in [-0.2, 0) is 19.6 Å². The number of piperidine rings is 2. The van der Waals surface area contributed by atoms with Crippen molar-refractivity contribution in [3.8, 4) is 6.07 Å². The number of nitriles is 1. The van der Waals surface area contributed by atoms with E-state index in [-0.39, 0.29) is 41.1 Å². The minimum atomic E-state index is -3.54. The van der Waals surface area contributed by atoms with Crippen LogP contribution in [0.5, 0.6) is 0 Å². The van der Waals surface area contributed by atoms with Gasteiger partial charge in [-0.3, -0.25) is 4.79 Å². The number of carbonyl (C=O) groups is 2. The summed E-state index contributed by atoms with van der Waals surface area (Å²) in [6, 6.07) is 8.56. The highest BCUT2D eigenvalue weighted by Crippen LogP contribution is 2.35. The summed E-state index contributed by atoms with van der Waals surface area (Å²) in [4.78, 5) is 26.8.